The van der Waals surface area contributed by atoms with Crippen LogP contribution in [0.15, 0.2) is 36.4 Å². The number of alkyl halides is 3. The minimum atomic E-state index is -4.51. The first-order valence-corrected chi connectivity index (χ1v) is 8.34. The lowest BCUT2D eigenvalue weighted by atomic mass is 10.2. The van der Waals surface area contributed by atoms with Crippen molar-refractivity contribution in [3.63, 3.8) is 0 Å². The van der Waals surface area contributed by atoms with Gasteiger partial charge in [-0.15, -0.1) is 0 Å². The van der Waals surface area contributed by atoms with E-state index in [-0.39, 0.29) is 24.0 Å². The standard InChI is InChI=1S/C18H16ClF3N2O3/c1-24(8-11-2-5-15-16(6-11)27-10-26-15)9-17(25)23-14-7-12(18(20,21)22)3-4-13(14)19/h2-7H,8-10H2,1H3,(H,23,25). The quantitative estimate of drug-likeness (QED) is 0.819. The van der Waals surface area contributed by atoms with Crippen LogP contribution in [0.3, 0.4) is 0 Å². The third-order valence-electron chi connectivity index (χ3n) is 3.87. The molecule has 0 atom stereocenters. The Morgan fingerprint density at radius 1 is 1.19 bits per heavy atom. The molecule has 9 heteroatoms. The summed E-state index contributed by atoms with van der Waals surface area (Å²) in [5, 5.41) is 2.46. The maximum absolute atomic E-state index is 12.8. The molecule has 0 unspecified atom stereocenters. The van der Waals surface area contributed by atoms with Gasteiger partial charge in [0.05, 0.1) is 22.8 Å². The number of rotatable bonds is 5. The molecule has 2 aromatic carbocycles. The average molecular weight is 401 g/mol. The van der Waals surface area contributed by atoms with Gasteiger partial charge in [-0.05, 0) is 42.9 Å². The lowest BCUT2D eigenvalue weighted by Gasteiger charge is -2.17. The van der Waals surface area contributed by atoms with Gasteiger partial charge in [-0.2, -0.15) is 13.2 Å². The molecular weight excluding hydrogens is 385 g/mol. The molecular formula is C18H16ClF3N2O3. The number of nitrogens with zero attached hydrogens (tertiary/aromatic N) is 1. The Kier molecular flexibility index (Phi) is 5.48. The Labute approximate surface area is 158 Å². The van der Waals surface area contributed by atoms with Crippen LogP contribution >= 0.6 is 11.6 Å². The maximum atomic E-state index is 12.8. The van der Waals surface area contributed by atoms with Gasteiger partial charge in [-0.1, -0.05) is 17.7 Å². The smallest absolute Gasteiger partial charge is 0.416 e. The van der Waals surface area contributed by atoms with Crippen LogP contribution in [0.5, 0.6) is 11.5 Å². The highest BCUT2D eigenvalue weighted by atomic mass is 35.5. The molecule has 27 heavy (non-hydrogen) atoms. The van der Waals surface area contributed by atoms with Crippen molar-refractivity contribution in [2.45, 2.75) is 12.7 Å². The molecule has 5 nitrogen and oxygen atoms in total. The molecule has 2 aromatic rings. The van der Waals surface area contributed by atoms with Gasteiger partial charge in [0.1, 0.15) is 0 Å². The summed E-state index contributed by atoms with van der Waals surface area (Å²) in [5.74, 6) is 0.832. The minimum absolute atomic E-state index is 0.0268. The summed E-state index contributed by atoms with van der Waals surface area (Å²) in [4.78, 5) is 13.9. The largest absolute Gasteiger partial charge is 0.454 e. The molecule has 0 aliphatic carbocycles. The number of hydrogen-bond donors (Lipinski definition) is 1. The third-order valence-corrected chi connectivity index (χ3v) is 4.20. The first kappa shape index (κ1) is 19.3. The van der Waals surface area contributed by atoms with E-state index in [1.807, 2.05) is 12.1 Å². The molecule has 1 N–H and O–H groups in total. The van der Waals surface area contributed by atoms with Crippen molar-refractivity contribution < 1.29 is 27.4 Å². The Bertz CT molecular complexity index is 858. The molecule has 3 rings (SSSR count). The summed E-state index contributed by atoms with van der Waals surface area (Å²) < 4.78 is 49.0. The van der Waals surface area contributed by atoms with Crippen LogP contribution in [0.4, 0.5) is 18.9 Å². The maximum Gasteiger partial charge on any atom is 0.416 e. The number of nitrogens with one attached hydrogen (secondary N) is 1. The van der Waals surface area contributed by atoms with E-state index in [2.05, 4.69) is 5.32 Å². The zero-order valence-electron chi connectivity index (χ0n) is 14.3. The predicted molar refractivity (Wildman–Crippen MR) is 94.0 cm³/mol. The Balaban J connectivity index is 1.60. The van der Waals surface area contributed by atoms with Crippen molar-refractivity contribution in [3.05, 3.63) is 52.5 Å². The van der Waals surface area contributed by atoms with E-state index in [0.29, 0.717) is 18.0 Å². The molecule has 0 bridgehead atoms. The van der Waals surface area contributed by atoms with Crippen molar-refractivity contribution >= 4 is 23.2 Å². The summed E-state index contributed by atoms with van der Waals surface area (Å²) in [6, 6.07) is 8.25. The van der Waals surface area contributed by atoms with E-state index in [0.717, 1.165) is 23.8 Å². The fourth-order valence-corrected chi connectivity index (χ4v) is 2.80. The van der Waals surface area contributed by atoms with Gasteiger partial charge in [-0.25, -0.2) is 0 Å². The molecule has 0 spiro atoms. The van der Waals surface area contributed by atoms with E-state index in [1.165, 1.54) is 0 Å². The number of ether oxygens (including phenoxy) is 2. The van der Waals surface area contributed by atoms with E-state index in [9.17, 15) is 18.0 Å². The van der Waals surface area contributed by atoms with Gasteiger partial charge >= 0.3 is 6.18 Å². The molecule has 1 amide bonds. The van der Waals surface area contributed by atoms with E-state index < -0.39 is 17.6 Å². The predicted octanol–water partition coefficient (Wildman–Crippen LogP) is 4.16. The number of fused-ring (bicyclic) bond motifs is 1. The van der Waals surface area contributed by atoms with Crippen molar-refractivity contribution in [1.82, 2.24) is 4.90 Å². The molecule has 0 radical (unpaired) electrons. The normalized spacial score (nSPS) is 13.1. The second kappa shape index (κ2) is 7.66. The summed E-state index contributed by atoms with van der Waals surface area (Å²) >= 11 is 5.89. The number of amides is 1. The second-order valence-corrected chi connectivity index (χ2v) is 6.51. The van der Waals surface area contributed by atoms with Gasteiger partial charge in [0, 0.05) is 6.54 Å². The van der Waals surface area contributed by atoms with Crippen LogP contribution in [-0.4, -0.2) is 31.2 Å². The molecule has 1 aliphatic rings. The minimum Gasteiger partial charge on any atom is -0.454 e. The number of anilines is 1. The van der Waals surface area contributed by atoms with Gasteiger partial charge in [0.25, 0.3) is 0 Å². The van der Waals surface area contributed by atoms with Crippen LogP contribution in [-0.2, 0) is 17.5 Å². The third kappa shape index (κ3) is 4.84. The van der Waals surface area contributed by atoms with E-state index in [1.54, 1.807) is 18.0 Å². The Hall–Kier alpha value is -2.45. The number of benzene rings is 2. The van der Waals surface area contributed by atoms with Gasteiger partial charge in [-0.3, -0.25) is 9.69 Å². The number of hydrogen-bond acceptors (Lipinski definition) is 4. The molecule has 0 aromatic heterocycles. The van der Waals surface area contributed by atoms with Crippen LogP contribution < -0.4 is 14.8 Å². The van der Waals surface area contributed by atoms with E-state index in [4.69, 9.17) is 21.1 Å². The fourth-order valence-electron chi connectivity index (χ4n) is 2.64. The van der Waals surface area contributed by atoms with Crippen molar-refractivity contribution in [2.24, 2.45) is 0 Å². The lowest BCUT2D eigenvalue weighted by molar-refractivity contribution is -0.137. The topological polar surface area (TPSA) is 50.8 Å². The molecule has 0 saturated carbocycles. The fraction of sp³-hybridized carbons (Fsp3) is 0.278. The summed E-state index contributed by atoms with van der Waals surface area (Å²) in [5.41, 5.74) is -0.0458. The molecule has 0 fully saturated rings. The van der Waals surface area contributed by atoms with Crippen molar-refractivity contribution in [3.8, 4) is 11.5 Å². The molecule has 1 aliphatic heterocycles. The molecule has 0 saturated heterocycles. The Morgan fingerprint density at radius 2 is 1.93 bits per heavy atom. The van der Waals surface area contributed by atoms with Gasteiger partial charge in [0.2, 0.25) is 12.7 Å². The highest BCUT2D eigenvalue weighted by Gasteiger charge is 2.31. The lowest BCUT2D eigenvalue weighted by Crippen LogP contribution is -2.30. The summed E-state index contributed by atoms with van der Waals surface area (Å²) in [6.45, 7) is 0.593. The highest BCUT2D eigenvalue weighted by Crippen LogP contribution is 2.34. The number of carbonyl (C=O) groups excluding carboxylic acids is 1. The SMILES string of the molecule is CN(CC(=O)Nc1cc(C(F)(F)F)ccc1Cl)Cc1ccc2c(c1)OCO2. The Morgan fingerprint density at radius 3 is 2.67 bits per heavy atom. The van der Waals surface area contributed by atoms with Crippen LogP contribution in [0.1, 0.15) is 11.1 Å². The first-order valence-electron chi connectivity index (χ1n) is 7.96. The van der Waals surface area contributed by atoms with Crippen LogP contribution in [0, 0.1) is 0 Å². The number of halogens is 4. The second-order valence-electron chi connectivity index (χ2n) is 6.10. The summed E-state index contributed by atoms with van der Waals surface area (Å²) in [7, 11) is 1.72. The first-order chi connectivity index (χ1) is 12.7. The zero-order chi connectivity index (χ0) is 19.6. The zero-order valence-corrected chi connectivity index (χ0v) is 15.0. The van der Waals surface area contributed by atoms with Crippen molar-refractivity contribution in [2.75, 3.05) is 25.7 Å². The monoisotopic (exact) mass is 400 g/mol. The van der Waals surface area contributed by atoms with Crippen LogP contribution in [0.25, 0.3) is 0 Å². The molecule has 1 heterocycles. The number of carbonyl (C=O) groups is 1. The van der Waals surface area contributed by atoms with E-state index >= 15 is 0 Å². The average Bonchev–Trinajstić information content (AvgIpc) is 3.03. The number of likely N-dealkylation sites (N-methyl/N-ethyl adjacent to an activating group) is 1. The summed E-state index contributed by atoms with van der Waals surface area (Å²) in [6.07, 6.45) is -4.51. The molecule has 144 valence electrons. The van der Waals surface area contributed by atoms with Gasteiger partial charge < -0.3 is 14.8 Å². The van der Waals surface area contributed by atoms with Gasteiger partial charge in [0.15, 0.2) is 11.5 Å². The highest BCUT2D eigenvalue weighted by molar-refractivity contribution is 6.33. The van der Waals surface area contributed by atoms with Crippen molar-refractivity contribution in [1.29, 1.82) is 0 Å². The van der Waals surface area contributed by atoms with Crippen LogP contribution in [0.2, 0.25) is 5.02 Å².